The first kappa shape index (κ1) is 21.2. The van der Waals surface area contributed by atoms with Crippen LogP contribution in [0.25, 0.3) is 0 Å². The predicted molar refractivity (Wildman–Crippen MR) is 117 cm³/mol. The Bertz CT molecular complexity index is 1050. The molecule has 1 aromatic carbocycles. The van der Waals surface area contributed by atoms with Gasteiger partial charge in [-0.1, -0.05) is 43.0 Å². The molecule has 10 nitrogen and oxygen atoms in total. The van der Waals surface area contributed by atoms with Crippen molar-refractivity contribution in [3.8, 4) is 0 Å². The summed E-state index contributed by atoms with van der Waals surface area (Å²) < 4.78 is 7.94. The highest BCUT2D eigenvalue weighted by atomic mass is 32.2. The summed E-state index contributed by atoms with van der Waals surface area (Å²) in [4.78, 5) is 11.5. The highest BCUT2D eigenvalue weighted by Crippen LogP contribution is 2.22. The largest absolute Gasteiger partial charge is 0.464 e. The van der Waals surface area contributed by atoms with Gasteiger partial charge in [0.1, 0.15) is 6.33 Å². The maximum atomic E-state index is 11.5. The predicted octanol–water partition coefficient (Wildman–Crippen LogP) is 1.67. The Morgan fingerprint density at radius 1 is 1.35 bits per heavy atom. The molecule has 0 aliphatic carbocycles. The summed E-state index contributed by atoms with van der Waals surface area (Å²) in [6, 6.07) is 10.4. The molecular weight excluding hydrogens is 416 g/mol. The van der Waals surface area contributed by atoms with Gasteiger partial charge in [0.15, 0.2) is 5.69 Å². The van der Waals surface area contributed by atoms with Crippen LogP contribution in [0.2, 0.25) is 0 Å². The van der Waals surface area contributed by atoms with Crippen LogP contribution in [0.5, 0.6) is 0 Å². The summed E-state index contributed by atoms with van der Waals surface area (Å²) in [6.07, 6.45) is 6.18. The molecular formula is C20H24N8O2S. The van der Waals surface area contributed by atoms with Crippen LogP contribution < -0.4 is 10.9 Å². The number of esters is 1. The number of carbonyl (C=O) groups excluding carboxylic acids is 1. The van der Waals surface area contributed by atoms with Crippen LogP contribution in [0.4, 0.5) is 0 Å². The molecule has 1 aliphatic heterocycles. The highest BCUT2D eigenvalue weighted by Gasteiger charge is 2.27. The molecule has 31 heavy (non-hydrogen) atoms. The number of nitrogens with one attached hydrogen (secondary N) is 2. The number of aromatic nitrogens is 5. The van der Waals surface area contributed by atoms with Crippen molar-refractivity contribution in [3.05, 3.63) is 59.7 Å². The number of hydrogen-bond donors (Lipinski definition) is 2. The number of carbonyl (C=O) groups is 1. The monoisotopic (exact) mass is 440 g/mol. The van der Waals surface area contributed by atoms with Crippen molar-refractivity contribution in [2.24, 2.45) is 5.10 Å². The Labute approximate surface area is 184 Å². The van der Waals surface area contributed by atoms with Gasteiger partial charge in [-0.05, 0) is 23.6 Å². The minimum atomic E-state index is -0.465. The molecule has 2 unspecified atom stereocenters. The van der Waals surface area contributed by atoms with Gasteiger partial charge in [0, 0.05) is 24.9 Å². The first-order chi connectivity index (χ1) is 15.2. The molecule has 0 spiro atoms. The lowest BCUT2D eigenvalue weighted by Crippen LogP contribution is -2.32. The van der Waals surface area contributed by atoms with Crippen molar-refractivity contribution < 1.29 is 9.53 Å². The minimum Gasteiger partial charge on any atom is -0.464 e. The van der Waals surface area contributed by atoms with Gasteiger partial charge in [0.2, 0.25) is 5.16 Å². The Morgan fingerprint density at radius 3 is 2.97 bits per heavy atom. The zero-order chi connectivity index (χ0) is 21.6. The number of ether oxygens (including phenoxy) is 1. The third kappa shape index (κ3) is 5.01. The molecule has 3 aromatic rings. The molecule has 1 fully saturated rings. The van der Waals surface area contributed by atoms with E-state index in [1.807, 2.05) is 6.21 Å². The minimum absolute atomic E-state index is 0.0430. The van der Waals surface area contributed by atoms with Crippen LogP contribution in [0.3, 0.4) is 0 Å². The number of methoxy groups -OCH3 is 1. The molecule has 162 valence electrons. The summed E-state index contributed by atoms with van der Waals surface area (Å²) in [6.45, 7) is 2.98. The van der Waals surface area contributed by atoms with Crippen LogP contribution >= 0.6 is 11.8 Å². The maximum absolute atomic E-state index is 11.5. The van der Waals surface area contributed by atoms with Gasteiger partial charge in [-0.25, -0.2) is 10.2 Å². The lowest BCUT2D eigenvalue weighted by atomic mass is 9.93. The Kier molecular flexibility index (Phi) is 6.75. The van der Waals surface area contributed by atoms with E-state index >= 15 is 0 Å². The van der Waals surface area contributed by atoms with Crippen molar-refractivity contribution >= 4 is 23.9 Å². The first-order valence-electron chi connectivity index (χ1n) is 9.94. The smallest absolute Gasteiger partial charge is 0.358 e. The average Bonchev–Trinajstić information content (AvgIpc) is 3.56. The van der Waals surface area contributed by atoms with Gasteiger partial charge < -0.3 is 4.74 Å². The number of hydrazine groups is 1. The fraction of sp³-hybridized carbons (Fsp3) is 0.350. The second kappa shape index (κ2) is 9.86. The van der Waals surface area contributed by atoms with Gasteiger partial charge in [-0.2, -0.15) is 14.9 Å². The van der Waals surface area contributed by atoms with Crippen molar-refractivity contribution in [2.75, 3.05) is 13.7 Å². The molecule has 2 N–H and O–H groups in total. The highest BCUT2D eigenvalue weighted by molar-refractivity contribution is 7.98. The fourth-order valence-corrected chi connectivity index (χ4v) is 4.01. The molecule has 3 heterocycles. The van der Waals surface area contributed by atoms with Crippen molar-refractivity contribution in [2.45, 2.75) is 36.3 Å². The molecule has 0 amide bonds. The van der Waals surface area contributed by atoms with E-state index in [2.05, 4.69) is 67.2 Å². The summed E-state index contributed by atoms with van der Waals surface area (Å²) in [5.41, 5.74) is 9.36. The summed E-state index contributed by atoms with van der Waals surface area (Å²) in [7, 11) is 1.33. The zero-order valence-corrected chi connectivity index (χ0v) is 18.1. The van der Waals surface area contributed by atoms with E-state index in [-0.39, 0.29) is 17.7 Å². The van der Waals surface area contributed by atoms with E-state index in [1.54, 1.807) is 27.9 Å². The van der Waals surface area contributed by atoms with Crippen LogP contribution in [-0.4, -0.2) is 56.5 Å². The van der Waals surface area contributed by atoms with E-state index in [0.29, 0.717) is 11.0 Å². The Morgan fingerprint density at radius 2 is 2.19 bits per heavy atom. The molecule has 2 atom stereocenters. The SMILES string of the molecule is CCc1ccc(C2CNNC2/C=N/n2cnnc2SCn2ccc(C(=O)OC)n2)cc1. The van der Waals surface area contributed by atoms with E-state index in [9.17, 15) is 4.79 Å². The number of aryl methyl sites for hydroxylation is 1. The van der Waals surface area contributed by atoms with E-state index in [0.717, 1.165) is 13.0 Å². The van der Waals surface area contributed by atoms with Crippen LogP contribution in [0, 0.1) is 0 Å². The molecule has 0 bridgehead atoms. The van der Waals surface area contributed by atoms with Crippen LogP contribution in [0.15, 0.2) is 53.1 Å². The lowest BCUT2D eigenvalue weighted by molar-refractivity contribution is 0.0593. The second-order valence-electron chi connectivity index (χ2n) is 6.98. The average molecular weight is 441 g/mol. The third-order valence-corrected chi connectivity index (χ3v) is 5.97. The number of hydrogen-bond acceptors (Lipinski definition) is 9. The van der Waals surface area contributed by atoms with Gasteiger partial charge >= 0.3 is 5.97 Å². The molecule has 11 heteroatoms. The van der Waals surface area contributed by atoms with E-state index in [1.165, 1.54) is 30.0 Å². The Balaban J connectivity index is 1.40. The molecule has 0 radical (unpaired) electrons. The zero-order valence-electron chi connectivity index (χ0n) is 17.3. The fourth-order valence-electron chi connectivity index (χ4n) is 3.29. The topological polar surface area (TPSA) is 111 Å². The van der Waals surface area contributed by atoms with Gasteiger partial charge in [0.25, 0.3) is 0 Å². The van der Waals surface area contributed by atoms with Crippen molar-refractivity contribution in [3.63, 3.8) is 0 Å². The number of nitrogens with zero attached hydrogens (tertiary/aromatic N) is 6. The number of thioether (sulfide) groups is 1. The second-order valence-corrected chi connectivity index (χ2v) is 7.89. The van der Waals surface area contributed by atoms with Crippen LogP contribution in [0.1, 0.15) is 34.5 Å². The number of benzene rings is 1. The van der Waals surface area contributed by atoms with Gasteiger partial charge in [-0.15, -0.1) is 10.2 Å². The van der Waals surface area contributed by atoms with E-state index in [4.69, 9.17) is 0 Å². The van der Waals surface area contributed by atoms with E-state index < -0.39 is 5.97 Å². The normalized spacial score (nSPS) is 18.6. The summed E-state index contributed by atoms with van der Waals surface area (Å²) in [5, 5.41) is 17.4. The summed E-state index contributed by atoms with van der Waals surface area (Å²) >= 11 is 1.41. The molecule has 1 saturated heterocycles. The standard InChI is InChI=1S/C20H24N8O2S/c1-3-14-4-6-15(7-5-14)16-10-21-24-18(16)11-23-28-12-22-25-20(28)31-13-27-9-8-17(26-27)19(29)30-2/h4-9,11-12,16,18,21,24H,3,10,13H2,1-2H3/b23-11+. The quantitative estimate of drug-likeness (QED) is 0.309. The molecule has 4 rings (SSSR count). The summed E-state index contributed by atoms with van der Waals surface area (Å²) in [5.74, 6) is 0.275. The van der Waals surface area contributed by atoms with Crippen molar-refractivity contribution in [1.82, 2.24) is 35.5 Å². The maximum Gasteiger partial charge on any atom is 0.358 e. The molecule has 0 saturated carbocycles. The molecule has 1 aliphatic rings. The van der Waals surface area contributed by atoms with Crippen molar-refractivity contribution in [1.29, 1.82) is 0 Å². The molecule has 2 aromatic heterocycles. The Hall–Kier alpha value is -3.02. The third-order valence-electron chi connectivity index (χ3n) is 5.05. The van der Waals surface area contributed by atoms with Gasteiger partial charge in [-0.3, -0.25) is 10.1 Å². The number of rotatable bonds is 8. The first-order valence-corrected chi connectivity index (χ1v) is 10.9. The lowest BCUT2D eigenvalue weighted by Gasteiger charge is -2.15. The van der Waals surface area contributed by atoms with Crippen LogP contribution in [-0.2, 0) is 17.0 Å². The van der Waals surface area contributed by atoms with Gasteiger partial charge in [0.05, 0.1) is 19.0 Å².